The van der Waals surface area contributed by atoms with Crippen LogP contribution in [0.1, 0.15) is 39.3 Å². The number of aromatic carboxylic acids is 1. The van der Waals surface area contributed by atoms with Crippen molar-refractivity contribution < 1.29 is 24.6 Å². The minimum absolute atomic E-state index is 0.126. The Labute approximate surface area is 138 Å². The Kier molecular flexibility index (Phi) is 4.01. The predicted molar refractivity (Wildman–Crippen MR) is 86.4 cm³/mol. The van der Waals surface area contributed by atoms with Crippen LogP contribution in [0.5, 0.6) is 0 Å². The van der Waals surface area contributed by atoms with Crippen molar-refractivity contribution in [2.75, 3.05) is 13.6 Å². The molecule has 2 N–H and O–H groups in total. The number of carboxylic acid groups (broad SMARTS) is 2. The summed E-state index contributed by atoms with van der Waals surface area (Å²) in [4.78, 5) is 36.9. The van der Waals surface area contributed by atoms with Crippen LogP contribution in [0.25, 0.3) is 10.9 Å². The molecule has 1 amide bonds. The van der Waals surface area contributed by atoms with Crippen LogP contribution in [0, 0.1) is 0 Å². The Morgan fingerprint density at radius 2 is 1.96 bits per heavy atom. The maximum atomic E-state index is 12.8. The molecule has 2 aromatic rings. The molecule has 1 aliphatic rings. The Hall–Kier alpha value is -2.83. The molecule has 2 heterocycles. The number of aliphatic carboxylic acids is 1. The van der Waals surface area contributed by atoms with Crippen LogP contribution in [-0.2, 0) is 17.8 Å². The van der Waals surface area contributed by atoms with Crippen LogP contribution in [0.4, 0.5) is 0 Å². The monoisotopic (exact) mass is 330 g/mol. The van der Waals surface area contributed by atoms with Crippen molar-refractivity contribution in [3.05, 3.63) is 35.0 Å². The van der Waals surface area contributed by atoms with E-state index >= 15 is 0 Å². The van der Waals surface area contributed by atoms with Crippen LogP contribution < -0.4 is 0 Å². The summed E-state index contributed by atoms with van der Waals surface area (Å²) in [5.74, 6) is -2.32. The van der Waals surface area contributed by atoms with Gasteiger partial charge in [0.15, 0.2) is 0 Å². The van der Waals surface area contributed by atoms with Gasteiger partial charge in [-0.25, -0.2) is 4.79 Å². The molecule has 1 aromatic heterocycles. The molecule has 0 saturated carbocycles. The molecule has 0 spiro atoms. The van der Waals surface area contributed by atoms with Gasteiger partial charge in [-0.05, 0) is 43.0 Å². The molecule has 0 bridgehead atoms. The predicted octanol–water partition coefficient (Wildman–Crippen LogP) is 1.83. The summed E-state index contributed by atoms with van der Waals surface area (Å²) in [7, 11) is 1.70. The van der Waals surface area contributed by atoms with Gasteiger partial charge in [-0.15, -0.1) is 0 Å². The second-order valence-corrected chi connectivity index (χ2v) is 6.03. The van der Waals surface area contributed by atoms with Gasteiger partial charge < -0.3 is 19.7 Å². The first-order valence-corrected chi connectivity index (χ1v) is 7.76. The van der Waals surface area contributed by atoms with Crippen LogP contribution >= 0.6 is 0 Å². The lowest BCUT2D eigenvalue weighted by Gasteiger charge is -2.21. The average Bonchev–Trinajstić information content (AvgIpc) is 2.81. The smallest absolute Gasteiger partial charge is 0.335 e. The van der Waals surface area contributed by atoms with Gasteiger partial charge in [0.05, 0.1) is 5.56 Å². The number of nitrogens with zero attached hydrogens (tertiary/aromatic N) is 2. The number of carbonyl (C=O) groups is 3. The number of benzene rings is 1. The summed E-state index contributed by atoms with van der Waals surface area (Å²) in [5, 5.41) is 19.1. The highest BCUT2D eigenvalue weighted by Crippen LogP contribution is 2.31. The van der Waals surface area contributed by atoms with E-state index in [1.165, 1.54) is 16.7 Å². The lowest BCUT2D eigenvalue weighted by molar-refractivity contribution is -0.137. The molecular formula is C17H18N2O5. The van der Waals surface area contributed by atoms with Gasteiger partial charge in [-0.3, -0.25) is 9.59 Å². The largest absolute Gasteiger partial charge is 0.480 e. The molecule has 7 heteroatoms. The minimum Gasteiger partial charge on any atom is -0.480 e. The first-order valence-electron chi connectivity index (χ1n) is 7.76. The number of hydrogen-bond donors (Lipinski definition) is 2. The highest BCUT2D eigenvalue weighted by atomic mass is 16.4. The zero-order valence-corrected chi connectivity index (χ0v) is 13.3. The van der Waals surface area contributed by atoms with E-state index in [1.54, 1.807) is 18.0 Å². The number of amides is 1. The molecule has 7 nitrogen and oxygen atoms in total. The highest BCUT2D eigenvalue weighted by molar-refractivity contribution is 6.04. The second-order valence-electron chi connectivity index (χ2n) is 6.03. The van der Waals surface area contributed by atoms with Crippen molar-refractivity contribution in [1.82, 2.24) is 9.47 Å². The van der Waals surface area contributed by atoms with E-state index in [4.69, 9.17) is 0 Å². The van der Waals surface area contributed by atoms with Gasteiger partial charge in [0, 0.05) is 24.5 Å². The van der Waals surface area contributed by atoms with Crippen molar-refractivity contribution in [1.29, 1.82) is 0 Å². The Bertz CT molecular complexity index is 852. The number of fused-ring (bicyclic) bond motifs is 3. The van der Waals surface area contributed by atoms with Gasteiger partial charge in [-0.1, -0.05) is 0 Å². The van der Waals surface area contributed by atoms with Crippen LogP contribution in [0.15, 0.2) is 18.2 Å². The number of hydrogen-bond acceptors (Lipinski definition) is 3. The van der Waals surface area contributed by atoms with Gasteiger partial charge in [0.1, 0.15) is 12.2 Å². The minimum atomic E-state index is -1.05. The van der Waals surface area contributed by atoms with Crippen molar-refractivity contribution in [2.24, 2.45) is 0 Å². The normalized spacial score (nSPS) is 15.0. The number of carboxylic acids is 2. The van der Waals surface area contributed by atoms with Gasteiger partial charge in [0.25, 0.3) is 5.91 Å². The molecule has 0 fully saturated rings. The number of aryl methyl sites for hydroxylation is 1. The van der Waals surface area contributed by atoms with Gasteiger partial charge in [0.2, 0.25) is 0 Å². The van der Waals surface area contributed by atoms with E-state index in [0.29, 0.717) is 29.6 Å². The van der Waals surface area contributed by atoms with Crippen LogP contribution in [0.2, 0.25) is 0 Å². The third-order valence-corrected chi connectivity index (χ3v) is 4.43. The molecule has 3 rings (SSSR count). The Morgan fingerprint density at radius 1 is 1.21 bits per heavy atom. The van der Waals surface area contributed by atoms with Crippen LogP contribution in [-0.4, -0.2) is 51.1 Å². The summed E-state index contributed by atoms with van der Waals surface area (Å²) in [6.07, 6.45) is 2.33. The first kappa shape index (κ1) is 16.0. The SMILES string of the molecule is CN1CCCCc2c(n(CC(=O)O)c3ccc(C(=O)O)cc23)C1=O. The Balaban J connectivity index is 2.33. The standard InChI is InChI=1S/C17H18N2O5/c1-18-7-3-2-4-11-12-8-10(17(23)24)5-6-13(12)19(9-14(20)21)15(11)16(18)22/h5-6,8H,2-4,7,9H2,1H3,(H,20,21)(H,23,24). The number of carbonyl (C=O) groups excluding carboxylic acids is 1. The topological polar surface area (TPSA) is 99.8 Å². The van der Waals surface area contributed by atoms with E-state index in [2.05, 4.69) is 0 Å². The molecule has 126 valence electrons. The first-order chi connectivity index (χ1) is 11.4. The lowest BCUT2D eigenvalue weighted by atomic mass is 10.0. The van der Waals surface area contributed by atoms with Crippen molar-refractivity contribution in [3.8, 4) is 0 Å². The zero-order valence-electron chi connectivity index (χ0n) is 13.3. The van der Waals surface area contributed by atoms with E-state index in [1.807, 2.05) is 0 Å². The zero-order chi connectivity index (χ0) is 17.4. The average molecular weight is 330 g/mol. The molecule has 1 aliphatic heterocycles. The third kappa shape index (κ3) is 2.62. The molecule has 0 atom stereocenters. The summed E-state index contributed by atoms with van der Waals surface area (Å²) in [5.41, 5.74) is 1.81. The lowest BCUT2D eigenvalue weighted by Crippen LogP contribution is -2.32. The summed E-state index contributed by atoms with van der Waals surface area (Å²) >= 11 is 0. The summed E-state index contributed by atoms with van der Waals surface area (Å²) in [6, 6.07) is 4.55. The molecule has 0 aliphatic carbocycles. The fraction of sp³-hybridized carbons (Fsp3) is 0.353. The molecular weight excluding hydrogens is 312 g/mol. The van der Waals surface area contributed by atoms with Crippen molar-refractivity contribution in [3.63, 3.8) is 0 Å². The molecule has 0 unspecified atom stereocenters. The van der Waals surface area contributed by atoms with Gasteiger partial charge in [-0.2, -0.15) is 0 Å². The van der Waals surface area contributed by atoms with E-state index < -0.39 is 11.9 Å². The highest BCUT2D eigenvalue weighted by Gasteiger charge is 2.27. The molecule has 0 saturated heterocycles. The maximum Gasteiger partial charge on any atom is 0.335 e. The third-order valence-electron chi connectivity index (χ3n) is 4.43. The second kappa shape index (κ2) is 5.99. The number of rotatable bonds is 3. The fourth-order valence-corrected chi connectivity index (χ4v) is 3.29. The van der Waals surface area contributed by atoms with Crippen LogP contribution in [0.3, 0.4) is 0 Å². The maximum absolute atomic E-state index is 12.8. The fourth-order valence-electron chi connectivity index (χ4n) is 3.29. The van der Waals surface area contributed by atoms with Crippen molar-refractivity contribution >= 4 is 28.7 Å². The Morgan fingerprint density at radius 3 is 2.62 bits per heavy atom. The molecule has 0 radical (unpaired) electrons. The van der Waals surface area contributed by atoms with E-state index in [9.17, 15) is 24.6 Å². The quantitative estimate of drug-likeness (QED) is 0.894. The van der Waals surface area contributed by atoms with E-state index in [-0.39, 0.29) is 18.0 Å². The van der Waals surface area contributed by atoms with E-state index in [0.717, 1.165) is 18.4 Å². The van der Waals surface area contributed by atoms with Crippen molar-refractivity contribution in [2.45, 2.75) is 25.8 Å². The van der Waals surface area contributed by atoms with Gasteiger partial charge >= 0.3 is 11.9 Å². The molecule has 1 aromatic carbocycles. The summed E-state index contributed by atoms with van der Waals surface area (Å²) in [6.45, 7) is 0.283. The number of aromatic nitrogens is 1. The summed E-state index contributed by atoms with van der Waals surface area (Å²) < 4.78 is 1.49. The molecule has 24 heavy (non-hydrogen) atoms.